The van der Waals surface area contributed by atoms with E-state index in [1.165, 1.54) is 6.26 Å². The fourth-order valence-corrected chi connectivity index (χ4v) is 3.68. The van der Waals surface area contributed by atoms with E-state index in [-0.39, 0.29) is 18.3 Å². The Kier molecular flexibility index (Phi) is 9.79. The second-order valence-corrected chi connectivity index (χ2v) is 8.13. The minimum Gasteiger partial charge on any atom is -0.495 e. The van der Waals surface area contributed by atoms with Crippen LogP contribution in [0.25, 0.3) is 22.4 Å². The van der Waals surface area contributed by atoms with Crippen LogP contribution in [-0.2, 0) is 4.79 Å². The van der Waals surface area contributed by atoms with Crippen molar-refractivity contribution in [3.8, 4) is 45.4 Å². The van der Waals surface area contributed by atoms with Crippen LogP contribution >= 0.6 is 12.4 Å². The van der Waals surface area contributed by atoms with Crippen molar-refractivity contribution in [2.24, 2.45) is 11.7 Å². The van der Waals surface area contributed by atoms with Gasteiger partial charge < -0.3 is 34.5 Å². The first-order chi connectivity index (χ1) is 16.3. The van der Waals surface area contributed by atoms with Crippen molar-refractivity contribution in [3.05, 3.63) is 36.6 Å². The maximum absolute atomic E-state index is 12.6. The molecule has 0 aliphatic heterocycles. The average molecular weight is 506 g/mol. The SMILES string of the molecule is COc1ccc(-c2conc2-c2cc(OC)c(OC)c(OC)c2)cc1NC(=O)C(N)CC(C)C.Cl. The van der Waals surface area contributed by atoms with Gasteiger partial charge in [-0.2, -0.15) is 0 Å². The van der Waals surface area contributed by atoms with E-state index in [0.717, 1.165) is 5.56 Å². The summed E-state index contributed by atoms with van der Waals surface area (Å²) in [6.45, 7) is 4.04. The first-order valence-electron chi connectivity index (χ1n) is 10.8. The zero-order chi connectivity index (χ0) is 24.8. The lowest BCUT2D eigenvalue weighted by Crippen LogP contribution is -2.36. The van der Waals surface area contributed by atoms with E-state index >= 15 is 0 Å². The molecule has 3 rings (SSSR count). The minimum absolute atomic E-state index is 0. The second-order valence-electron chi connectivity index (χ2n) is 8.13. The normalized spacial score (nSPS) is 11.4. The molecule has 1 unspecified atom stereocenters. The van der Waals surface area contributed by atoms with E-state index < -0.39 is 6.04 Å². The number of aromatic nitrogens is 1. The van der Waals surface area contributed by atoms with E-state index in [1.807, 2.05) is 19.9 Å². The van der Waals surface area contributed by atoms with Gasteiger partial charge in [-0.3, -0.25) is 4.79 Å². The fraction of sp³-hybridized carbons (Fsp3) is 0.360. The van der Waals surface area contributed by atoms with E-state index in [9.17, 15) is 4.79 Å². The number of nitrogens with one attached hydrogen (secondary N) is 1. The predicted octanol–water partition coefficient (Wildman–Crippen LogP) is 4.78. The molecular formula is C25H32ClN3O6. The number of hydrogen-bond acceptors (Lipinski definition) is 8. The molecule has 0 aliphatic rings. The molecule has 10 heteroatoms. The molecule has 0 radical (unpaired) electrons. The number of methoxy groups -OCH3 is 4. The second kappa shape index (κ2) is 12.3. The highest BCUT2D eigenvalue weighted by atomic mass is 35.5. The van der Waals surface area contributed by atoms with Gasteiger partial charge in [-0.05, 0) is 42.2 Å². The van der Waals surface area contributed by atoms with Gasteiger partial charge in [0.15, 0.2) is 11.5 Å². The van der Waals surface area contributed by atoms with Gasteiger partial charge in [0.2, 0.25) is 11.7 Å². The molecule has 0 saturated carbocycles. The summed E-state index contributed by atoms with van der Waals surface area (Å²) in [7, 11) is 6.18. The molecule has 3 N–H and O–H groups in total. The van der Waals surface area contributed by atoms with Crippen molar-refractivity contribution in [2.45, 2.75) is 26.3 Å². The molecule has 3 aromatic rings. The number of hydrogen-bond donors (Lipinski definition) is 2. The third-order valence-electron chi connectivity index (χ3n) is 5.34. The molecule has 190 valence electrons. The van der Waals surface area contributed by atoms with Crippen LogP contribution in [0.15, 0.2) is 41.1 Å². The zero-order valence-corrected chi connectivity index (χ0v) is 21.5. The first-order valence-corrected chi connectivity index (χ1v) is 10.8. The number of carbonyl (C=O) groups excluding carboxylic acids is 1. The van der Waals surface area contributed by atoms with Crippen molar-refractivity contribution < 1.29 is 28.3 Å². The maximum atomic E-state index is 12.6. The van der Waals surface area contributed by atoms with Gasteiger partial charge >= 0.3 is 0 Å². The summed E-state index contributed by atoms with van der Waals surface area (Å²) in [5.41, 5.74) is 9.30. The Balaban J connectivity index is 0.00000432. The monoisotopic (exact) mass is 505 g/mol. The lowest BCUT2D eigenvalue weighted by Gasteiger charge is -2.17. The van der Waals surface area contributed by atoms with E-state index in [1.54, 1.807) is 52.7 Å². The molecule has 35 heavy (non-hydrogen) atoms. The quantitative estimate of drug-likeness (QED) is 0.404. The number of rotatable bonds is 10. The predicted molar refractivity (Wildman–Crippen MR) is 137 cm³/mol. The number of nitrogens with two attached hydrogens (primary N) is 1. The average Bonchev–Trinajstić information content (AvgIpc) is 3.32. The minimum atomic E-state index is -0.626. The number of anilines is 1. The standard InChI is InChI=1S/C25H31N3O6.ClH/c1-14(2)9-18(26)25(29)27-19-10-15(7-8-20(19)30-3)17-13-34-28-23(17)16-11-21(31-4)24(33-6)22(12-16)32-5;/h7-8,10-14,18H,9,26H2,1-6H3,(H,27,29);1H. The molecule has 0 bridgehead atoms. The van der Waals surface area contributed by atoms with Crippen molar-refractivity contribution in [2.75, 3.05) is 33.8 Å². The Hall–Kier alpha value is -3.43. The van der Waals surface area contributed by atoms with Crippen LogP contribution in [-0.4, -0.2) is 45.5 Å². The van der Waals surface area contributed by atoms with Crippen molar-refractivity contribution in [1.82, 2.24) is 5.16 Å². The van der Waals surface area contributed by atoms with Crippen LogP contribution in [0.3, 0.4) is 0 Å². The highest BCUT2D eigenvalue weighted by Crippen LogP contribution is 2.43. The lowest BCUT2D eigenvalue weighted by molar-refractivity contribution is -0.117. The van der Waals surface area contributed by atoms with Crippen LogP contribution in [0.1, 0.15) is 20.3 Å². The third-order valence-corrected chi connectivity index (χ3v) is 5.34. The van der Waals surface area contributed by atoms with E-state index in [0.29, 0.717) is 57.8 Å². The smallest absolute Gasteiger partial charge is 0.241 e. The van der Waals surface area contributed by atoms with Gasteiger partial charge in [-0.1, -0.05) is 25.1 Å². The Morgan fingerprint density at radius 2 is 1.60 bits per heavy atom. The Bertz CT molecular complexity index is 1120. The van der Waals surface area contributed by atoms with Gasteiger partial charge in [0.1, 0.15) is 17.7 Å². The zero-order valence-electron chi connectivity index (χ0n) is 20.7. The molecule has 0 saturated heterocycles. The number of amides is 1. The van der Waals surface area contributed by atoms with Gasteiger partial charge in [0, 0.05) is 11.1 Å². The maximum Gasteiger partial charge on any atom is 0.241 e. The molecule has 1 aromatic heterocycles. The molecule has 2 aromatic carbocycles. The number of benzene rings is 2. The molecule has 0 spiro atoms. The van der Waals surface area contributed by atoms with Crippen LogP contribution < -0.4 is 30.0 Å². The molecule has 0 aliphatic carbocycles. The summed E-state index contributed by atoms with van der Waals surface area (Å²) in [6.07, 6.45) is 2.11. The summed E-state index contributed by atoms with van der Waals surface area (Å²) in [6, 6.07) is 8.38. The van der Waals surface area contributed by atoms with Gasteiger partial charge in [-0.15, -0.1) is 12.4 Å². The summed E-state index contributed by atoms with van der Waals surface area (Å²) in [4.78, 5) is 12.6. The van der Waals surface area contributed by atoms with Gasteiger partial charge in [-0.25, -0.2) is 0 Å². The Morgan fingerprint density at radius 1 is 0.971 bits per heavy atom. The summed E-state index contributed by atoms with van der Waals surface area (Å²) in [5, 5.41) is 7.08. The van der Waals surface area contributed by atoms with Gasteiger partial charge in [0.05, 0.1) is 40.2 Å². The lowest BCUT2D eigenvalue weighted by atomic mass is 10.00. The van der Waals surface area contributed by atoms with E-state index in [2.05, 4.69) is 10.5 Å². The fourth-order valence-electron chi connectivity index (χ4n) is 3.68. The summed E-state index contributed by atoms with van der Waals surface area (Å²) < 4.78 is 27.1. The van der Waals surface area contributed by atoms with Crippen molar-refractivity contribution >= 4 is 24.0 Å². The van der Waals surface area contributed by atoms with Crippen LogP contribution in [0, 0.1) is 5.92 Å². The van der Waals surface area contributed by atoms with Crippen LogP contribution in [0.2, 0.25) is 0 Å². The third kappa shape index (κ3) is 6.17. The summed E-state index contributed by atoms with van der Waals surface area (Å²) >= 11 is 0. The van der Waals surface area contributed by atoms with Crippen LogP contribution in [0.4, 0.5) is 5.69 Å². The number of carbonyl (C=O) groups is 1. The van der Waals surface area contributed by atoms with Crippen LogP contribution in [0.5, 0.6) is 23.0 Å². The molecule has 1 heterocycles. The van der Waals surface area contributed by atoms with Gasteiger partial charge in [0.25, 0.3) is 0 Å². The Morgan fingerprint density at radius 3 is 2.14 bits per heavy atom. The topological polar surface area (TPSA) is 118 Å². The van der Waals surface area contributed by atoms with E-state index in [4.69, 9.17) is 29.2 Å². The number of nitrogens with zero attached hydrogens (tertiary/aromatic N) is 1. The highest BCUT2D eigenvalue weighted by molar-refractivity contribution is 5.97. The molecule has 0 fully saturated rings. The largest absolute Gasteiger partial charge is 0.495 e. The summed E-state index contributed by atoms with van der Waals surface area (Å²) in [5.74, 6) is 2.00. The molecule has 1 atom stereocenters. The highest BCUT2D eigenvalue weighted by Gasteiger charge is 2.21. The molecule has 9 nitrogen and oxygen atoms in total. The Labute approximate surface area is 211 Å². The van der Waals surface area contributed by atoms with Crippen molar-refractivity contribution in [1.29, 1.82) is 0 Å². The van der Waals surface area contributed by atoms with Crippen molar-refractivity contribution in [3.63, 3.8) is 0 Å². The first kappa shape index (κ1) is 27.8. The number of halogens is 1. The number of ether oxygens (including phenoxy) is 4. The molecular weight excluding hydrogens is 474 g/mol. The molecule has 1 amide bonds.